The minimum Gasteiger partial charge on any atom is -0.507 e. The summed E-state index contributed by atoms with van der Waals surface area (Å²) in [7, 11) is 1.56. The third kappa shape index (κ3) is 1.64. The number of aliphatic hydroxyl groups is 1. The Morgan fingerprint density at radius 1 is 1.50 bits per heavy atom. The molecule has 0 fully saturated rings. The van der Waals surface area contributed by atoms with Gasteiger partial charge in [-0.3, -0.25) is 0 Å². The Bertz CT molecular complexity index is 414. The molecule has 4 nitrogen and oxygen atoms in total. The topological polar surface area (TPSA) is 58.9 Å². The highest BCUT2D eigenvalue weighted by Gasteiger charge is 2.28. The number of aliphatic hydroxyl groups excluding tert-OH is 1. The minimum absolute atomic E-state index is 0.0608. The zero-order valence-corrected chi connectivity index (χ0v) is 9.65. The van der Waals surface area contributed by atoms with Crippen LogP contribution < -0.4 is 4.74 Å². The largest absolute Gasteiger partial charge is 0.507 e. The molecule has 4 heteroatoms. The average Bonchev–Trinajstić information content (AvgIpc) is 2.22. The molecule has 1 aliphatic heterocycles. The van der Waals surface area contributed by atoms with Crippen molar-refractivity contribution in [3.63, 3.8) is 0 Å². The second kappa shape index (κ2) is 3.96. The van der Waals surface area contributed by atoms with Crippen LogP contribution in [-0.2, 0) is 11.2 Å². The van der Waals surface area contributed by atoms with Crippen molar-refractivity contribution in [3.8, 4) is 11.5 Å². The van der Waals surface area contributed by atoms with Crippen molar-refractivity contribution in [2.45, 2.75) is 32.7 Å². The Hall–Kier alpha value is -1.26. The summed E-state index contributed by atoms with van der Waals surface area (Å²) in [5.74, 6) is 0.700. The van der Waals surface area contributed by atoms with Crippen molar-refractivity contribution in [1.82, 2.24) is 0 Å². The van der Waals surface area contributed by atoms with Gasteiger partial charge in [0.15, 0.2) is 6.29 Å². The fraction of sp³-hybridized carbons (Fsp3) is 0.500. The number of rotatable bonds is 1. The van der Waals surface area contributed by atoms with Crippen molar-refractivity contribution < 1.29 is 19.7 Å². The summed E-state index contributed by atoms with van der Waals surface area (Å²) in [5.41, 5.74) is 1.97. The van der Waals surface area contributed by atoms with Gasteiger partial charge in [0.1, 0.15) is 11.5 Å². The Morgan fingerprint density at radius 2 is 2.19 bits per heavy atom. The first-order chi connectivity index (χ1) is 7.54. The van der Waals surface area contributed by atoms with Gasteiger partial charge in [0.2, 0.25) is 0 Å². The lowest BCUT2D eigenvalue weighted by Gasteiger charge is -2.28. The molecule has 0 saturated carbocycles. The highest BCUT2D eigenvalue weighted by Crippen LogP contribution is 2.40. The van der Waals surface area contributed by atoms with Gasteiger partial charge in [-0.25, -0.2) is 0 Å². The molecule has 1 heterocycles. The summed E-state index contributed by atoms with van der Waals surface area (Å²) in [6.07, 6.45) is -0.450. The van der Waals surface area contributed by atoms with Gasteiger partial charge < -0.3 is 19.7 Å². The van der Waals surface area contributed by atoms with Crippen LogP contribution in [0.1, 0.15) is 29.9 Å². The maximum absolute atomic E-state index is 9.99. The predicted molar refractivity (Wildman–Crippen MR) is 58.6 cm³/mol. The lowest BCUT2D eigenvalue weighted by molar-refractivity contribution is -0.144. The van der Waals surface area contributed by atoms with Gasteiger partial charge in [0, 0.05) is 5.56 Å². The molecular formula is C12H16O4. The molecule has 88 valence electrons. The number of ether oxygens (including phenoxy) is 2. The first-order valence-corrected chi connectivity index (χ1v) is 5.27. The summed E-state index contributed by atoms with van der Waals surface area (Å²) in [4.78, 5) is 0. The molecule has 0 amide bonds. The summed E-state index contributed by atoms with van der Waals surface area (Å²) in [6.45, 7) is 3.63. The number of benzene rings is 1. The van der Waals surface area contributed by atoms with E-state index in [9.17, 15) is 10.2 Å². The molecule has 0 aromatic heterocycles. The first-order valence-electron chi connectivity index (χ1n) is 5.27. The fourth-order valence-corrected chi connectivity index (χ4v) is 2.12. The van der Waals surface area contributed by atoms with Gasteiger partial charge in [-0.2, -0.15) is 0 Å². The minimum atomic E-state index is -1.05. The van der Waals surface area contributed by atoms with E-state index in [1.54, 1.807) is 14.0 Å². The van der Waals surface area contributed by atoms with Crippen LogP contribution in [0.2, 0.25) is 0 Å². The van der Waals surface area contributed by atoms with Gasteiger partial charge in [0.25, 0.3) is 0 Å². The fourth-order valence-electron chi connectivity index (χ4n) is 2.12. The number of aromatic hydroxyl groups is 1. The van der Waals surface area contributed by atoms with Crippen molar-refractivity contribution >= 4 is 0 Å². The molecule has 1 aromatic rings. The lowest BCUT2D eigenvalue weighted by atomic mass is 9.95. The molecule has 0 aliphatic carbocycles. The van der Waals surface area contributed by atoms with E-state index in [2.05, 4.69) is 0 Å². The first kappa shape index (κ1) is 11.2. The number of fused-ring (bicyclic) bond motifs is 1. The van der Waals surface area contributed by atoms with E-state index in [1.807, 2.05) is 13.0 Å². The SMILES string of the molecule is COc1cc2c(c(O)c1C)[C@@H](O)O[C@H](C)C2. The normalized spacial score (nSPS) is 24.0. The number of hydrogen-bond acceptors (Lipinski definition) is 4. The van der Waals surface area contributed by atoms with E-state index in [4.69, 9.17) is 9.47 Å². The van der Waals surface area contributed by atoms with Gasteiger partial charge in [0.05, 0.1) is 18.8 Å². The smallest absolute Gasteiger partial charge is 0.185 e. The molecule has 0 spiro atoms. The molecule has 2 rings (SSSR count). The van der Waals surface area contributed by atoms with E-state index in [-0.39, 0.29) is 11.9 Å². The third-order valence-electron chi connectivity index (χ3n) is 2.97. The highest BCUT2D eigenvalue weighted by atomic mass is 16.6. The van der Waals surface area contributed by atoms with Crippen LogP contribution in [0.4, 0.5) is 0 Å². The van der Waals surface area contributed by atoms with Gasteiger partial charge >= 0.3 is 0 Å². The van der Waals surface area contributed by atoms with Crippen molar-refractivity contribution in [3.05, 3.63) is 22.8 Å². The zero-order chi connectivity index (χ0) is 11.9. The third-order valence-corrected chi connectivity index (χ3v) is 2.97. The Labute approximate surface area is 94.4 Å². The molecular weight excluding hydrogens is 208 g/mol. The molecule has 0 radical (unpaired) electrons. The van der Waals surface area contributed by atoms with Crippen molar-refractivity contribution in [2.24, 2.45) is 0 Å². The average molecular weight is 224 g/mol. The molecule has 2 N–H and O–H groups in total. The standard InChI is InChI=1S/C12H16O4/c1-6-4-8-5-9(15-3)7(2)11(13)10(8)12(14)16-6/h5-6,12-14H,4H2,1-3H3/t6-,12+/m1/s1. The number of phenols is 1. The van der Waals surface area contributed by atoms with Crippen LogP contribution in [0.5, 0.6) is 11.5 Å². The van der Waals surface area contributed by atoms with Crippen LogP contribution in [0.3, 0.4) is 0 Å². The monoisotopic (exact) mass is 224 g/mol. The van der Waals surface area contributed by atoms with Crippen molar-refractivity contribution in [2.75, 3.05) is 7.11 Å². The van der Waals surface area contributed by atoms with Gasteiger partial charge in [-0.15, -0.1) is 0 Å². The van der Waals surface area contributed by atoms with Gasteiger partial charge in [-0.1, -0.05) is 0 Å². The summed E-state index contributed by atoms with van der Waals surface area (Å²) in [6, 6.07) is 1.85. The molecule has 0 saturated heterocycles. The molecule has 1 aliphatic rings. The van der Waals surface area contributed by atoms with E-state index in [0.29, 0.717) is 23.3 Å². The van der Waals surface area contributed by atoms with E-state index < -0.39 is 6.29 Å². The number of phenolic OH excluding ortho intramolecular Hbond substituents is 1. The van der Waals surface area contributed by atoms with Crippen LogP contribution in [-0.4, -0.2) is 23.4 Å². The summed E-state index contributed by atoms with van der Waals surface area (Å²) in [5, 5.41) is 19.8. The number of methoxy groups -OCH3 is 1. The second-order valence-electron chi connectivity index (χ2n) is 4.13. The molecule has 0 unspecified atom stereocenters. The quantitative estimate of drug-likeness (QED) is 0.761. The Balaban J connectivity index is 2.59. The predicted octanol–water partition coefficient (Wildman–Crippen LogP) is 1.66. The van der Waals surface area contributed by atoms with Crippen molar-refractivity contribution in [1.29, 1.82) is 0 Å². The Morgan fingerprint density at radius 3 is 2.81 bits per heavy atom. The zero-order valence-electron chi connectivity index (χ0n) is 9.65. The summed E-state index contributed by atoms with van der Waals surface area (Å²) >= 11 is 0. The summed E-state index contributed by atoms with van der Waals surface area (Å²) < 4.78 is 10.5. The van der Waals surface area contributed by atoms with Crippen LogP contribution >= 0.6 is 0 Å². The molecule has 1 aromatic carbocycles. The van der Waals surface area contributed by atoms with E-state index >= 15 is 0 Å². The van der Waals surface area contributed by atoms with Gasteiger partial charge in [-0.05, 0) is 31.9 Å². The van der Waals surface area contributed by atoms with E-state index in [1.165, 1.54) is 0 Å². The lowest BCUT2D eigenvalue weighted by Crippen LogP contribution is -2.23. The second-order valence-corrected chi connectivity index (χ2v) is 4.13. The maximum Gasteiger partial charge on any atom is 0.185 e. The van der Waals surface area contributed by atoms with Crippen LogP contribution in [0, 0.1) is 6.92 Å². The molecule has 16 heavy (non-hydrogen) atoms. The molecule has 2 atom stereocenters. The van der Waals surface area contributed by atoms with Crippen LogP contribution in [0.15, 0.2) is 6.07 Å². The molecule has 0 bridgehead atoms. The number of hydrogen-bond donors (Lipinski definition) is 2. The van der Waals surface area contributed by atoms with Crippen LogP contribution in [0.25, 0.3) is 0 Å². The highest BCUT2D eigenvalue weighted by molar-refractivity contribution is 5.54. The maximum atomic E-state index is 9.99. The van der Waals surface area contributed by atoms with E-state index in [0.717, 1.165) is 5.56 Å². The Kier molecular flexibility index (Phi) is 2.78.